The summed E-state index contributed by atoms with van der Waals surface area (Å²) < 4.78 is 1.52. The number of hydrogen-bond acceptors (Lipinski definition) is 6. The summed E-state index contributed by atoms with van der Waals surface area (Å²) in [5, 5.41) is 16.0. The van der Waals surface area contributed by atoms with Crippen LogP contribution in [0.2, 0.25) is 0 Å². The molecule has 0 amide bonds. The molecule has 3 saturated heterocycles. The van der Waals surface area contributed by atoms with E-state index >= 15 is 0 Å². The molecule has 21 heavy (non-hydrogen) atoms. The van der Waals surface area contributed by atoms with Crippen molar-refractivity contribution in [3.63, 3.8) is 0 Å². The lowest BCUT2D eigenvalue weighted by atomic mass is 9.90. The number of tetrazole rings is 1. The summed E-state index contributed by atoms with van der Waals surface area (Å²) in [6, 6.07) is 4.81. The molecule has 0 bridgehead atoms. The van der Waals surface area contributed by atoms with Gasteiger partial charge < -0.3 is 4.90 Å². The molecule has 0 aromatic carbocycles. The van der Waals surface area contributed by atoms with Crippen LogP contribution in [0.5, 0.6) is 0 Å². The largest absolute Gasteiger partial charge is 0.354 e. The summed E-state index contributed by atoms with van der Waals surface area (Å²) in [7, 11) is 0. The fourth-order valence-corrected chi connectivity index (χ4v) is 4.55. The van der Waals surface area contributed by atoms with Gasteiger partial charge in [-0.3, -0.25) is 4.90 Å². The van der Waals surface area contributed by atoms with Crippen LogP contribution in [0.4, 0.5) is 5.82 Å². The zero-order valence-corrected chi connectivity index (χ0v) is 12.0. The molecule has 0 unspecified atom stereocenters. The molecule has 2 aromatic heterocycles. The van der Waals surface area contributed by atoms with Crippen molar-refractivity contribution in [1.29, 1.82) is 0 Å². The molecule has 110 valence electrons. The Kier molecular flexibility index (Phi) is 2.46. The third kappa shape index (κ3) is 1.76. The Bertz CT molecular complexity index is 668. The molecule has 0 saturated carbocycles. The lowest BCUT2D eigenvalue weighted by Gasteiger charge is -2.33. The van der Waals surface area contributed by atoms with Crippen molar-refractivity contribution < 1.29 is 0 Å². The van der Waals surface area contributed by atoms with E-state index in [2.05, 4.69) is 30.4 Å². The van der Waals surface area contributed by atoms with Gasteiger partial charge in [-0.15, -0.1) is 14.8 Å². The van der Waals surface area contributed by atoms with E-state index in [1.807, 2.05) is 12.1 Å². The standard InChI is InChI=1S/C14H19N7/c1-2-6-19-7-10-8-20(9-11(10)12(19)3-1)14-5-4-13-15-17-18-21(13)16-14/h4-5,10-12H,1-3,6-9H2/t10-,11+,12-/m0/s1. The monoisotopic (exact) mass is 285 g/mol. The van der Waals surface area contributed by atoms with Gasteiger partial charge >= 0.3 is 0 Å². The highest BCUT2D eigenvalue weighted by molar-refractivity contribution is 5.45. The number of nitrogens with zero attached hydrogens (tertiary/aromatic N) is 7. The molecule has 3 aliphatic rings. The Labute approximate surface area is 122 Å². The van der Waals surface area contributed by atoms with Gasteiger partial charge in [0.05, 0.1) is 0 Å². The Hall–Kier alpha value is -1.76. The van der Waals surface area contributed by atoms with Crippen molar-refractivity contribution >= 4 is 11.5 Å². The Balaban J connectivity index is 1.40. The smallest absolute Gasteiger partial charge is 0.200 e. The average molecular weight is 285 g/mol. The summed E-state index contributed by atoms with van der Waals surface area (Å²) in [4.78, 5) is 5.15. The first-order valence-corrected chi connectivity index (χ1v) is 7.93. The van der Waals surface area contributed by atoms with Gasteiger partial charge in [-0.1, -0.05) is 6.42 Å². The molecule has 5 rings (SSSR count). The highest BCUT2D eigenvalue weighted by atomic mass is 15.6. The molecular formula is C14H19N7. The van der Waals surface area contributed by atoms with Gasteiger partial charge in [0.2, 0.25) is 0 Å². The van der Waals surface area contributed by atoms with Crippen LogP contribution in [-0.4, -0.2) is 62.4 Å². The topological polar surface area (TPSA) is 62.5 Å². The van der Waals surface area contributed by atoms with Crippen LogP contribution < -0.4 is 4.90 Å². The molecule has 5 heterocycles. The van der Waals surface area contributed by atoms with Crippen LogP contribution >= 0.6 is 0 Å². The highest BCUT2D eigenvalue weighted by Crippen LogP contribution is 2.41. The zero-order chi connectivity index (χ0) is 13.8. The lowest BCUT2D eigenvalue weighted by Crippen LogP contribution is -2.40. The van der Waals surface area contributed by atoms with E-state index in [0.717, 1.165) is 36.8 Å². The quantitative estimate of drug-likeness (QED) is 0.757. The zero-order valence-electron chi connectivity index (χ0n) is 12.0. The van der Waals surface area contributed by atoms with Gasteiger partial charge in [0, 0.05) is 25.7 Å². The first-order chi connectivity index (χ1) is 10.4. The second-order valence-corrected chi connectivity index (χ2v) is 6.61. The minimum absolute atomic E-state index is 0.705. The van der Waals surface area contributed by atoms with E-state index < -0.39 is 0 Å². The van der Waals surface area contributed by atoms with Crippen LogP contribution in [0, 0.1) is 11.8 Å². The molecule has 0 aliphatic carbocycles. The Morgan fingerprint density at radius 1 is 1.10 bits per heavy atom. The molecule has 7 heteroatoms. The highest BCUT2D eigenvalue weighted by Gasteiger charge is 2.47. The van der Waals surface area contributed by atoms with Crippen LogP contribution in [0.3, 0.4) is 0 Å². The molecule has 3 fully saturated rings. The maximum Gasteiger partial charge on any atom is 0.200 e. The number of aromatic nitrogens is 5. The summed E-state index contributed by atoms with van der Waals surface area (Å²) in [5.41, 5.74) is 0.705. The maximum atomic E-state index is 4.54. The van der Waals surface area contributed by atoms with Gasteiger partial charge in [0.1, 0.15) is 0 Å². The first kappa shape index (κ1) is 11.9. The van der Waals surface area contributed by atoms with E-state index in [-0.39, 0.29) is 0 Å². The van der Waals surface area contributed by atoms with E-state index in [1.165, 1.54) is 37.0 Å². The third-order valence-electron chi connectivity index (χ3n) is 5.50. The number of fused-ring (bicyclic) bond motifs is 4. The predicted molar refractivity (Wildman–Crippen MR) is 77.0 cm³/mol. The van der Waals surface area contributed by atoms with Crippen molar-refractivity contribution in [2.24, 2.45) is 11.8 Å². The Morgan fingerprint density at radius 3 is 3.10 bits per heavy atom. The van der Waals surface area contributed by atoms with Crippen molar-refractivity contribution in [3.8, 4) is 0 Å². The predicted octanol–water partition coefficient (Wildman–Crippen LogP) is 0.440. The summed E-state index contributed by atoms with van der Waals surface area (Å²) in [6.07, 6.45) is 4.17. The normalized spacial score (nSPS) is 32.6. The first-order valence-electron chi connectivity index (χ1n) is 7.93. The van der Waals surface area contributed by atoms with Gasteiger partial charge in [-0.25, -0.2) is 0 Å². The number of anilines is 1. The fraction of sp³-hybridized carbons (Fsp3) is 0.714. The number of hydrogen-bond donors (Lipinski definition) is 0. The number of piperidine rings is 1. The summed E-state index contributed by atoms with van der Waals surface area (Å²) >= 11 is 0. The molecule has 0 N–H and O–H groups in total. The summed E-state index contributed by atoms with van der Waals surface area (Å²) in [6.45, 7) is 4.84. The second kappa shape index (κ2) is 4.37. The van der Waals surface area contributed by atoms with E-state index in [0.29, 0.717) is 5.65 Å². The van der Waals surface area contributed by atoms with Crippen LogP contribution in [-0.2, 0) is 0 Å². The SMILES string of the molecule is c1cc2nnnn2nc1N1C[C@@H]2CN3CCCC[C@H]3[C@@H]2C1. The molecule has 3 atom stereocenters. The van der Waals surface area contributed by atoms with Gasteiger partial charge in [-0.2, -0.15) is 0 Å². The van der Waals surface area contributed by atoms with Gasteiger partial charge in [0.15, 0.2) is 11.5 Å². The molecule has 0 spiro atoms. The molecule has 7 nitrogen and oxygen atoms in total. The molecule has 0 radical (unpaired) electrons. The summed E-state index contributed by atoms with van der Waals surface area (Å²) in [5.74, 6) is 2.63. The van der Waals surface area contributed by atoms with Crippen LogP contribution in [0.15, 0.2) is 12.1 Å². The molecule has 2 aromatic rings. The minimum Gasteiger partial charge on any atom is -0.354 e. The van der Waals surface area contributed by atoms with Crippen molar-refractivity contribution in [2.75, 3.05) is 31.1 Å². The van der Waals surface area contributed by atoms with Gasteiger partial charge in [-0.05, 0) is 53.8 Å². The second-order valence-electron chi connectivity index (χ2n) is 6.61. The van der Waals surface area contributed by atoms with Crippen LogP contribution in [0.25, 0.3) is 5.65 Å². The van der Waals surface area contributed by atoms with Crippen molar-refractivity contribution in [3.05, 3.63) is 12.1 Å². The third-order valence-corrected chi connectivity index (χ3v) is 5.50. The van der Waals surface area contributed by atoms with Gasteiger partial charge in [0.25, 0.3) is 0 Å². The van der Waals surface area contributed by atoms with E-state index in [4.69, 9.17) is 0 Å². The fourth-order valence-electron chi connectivity index (χ4n) is 4.55. The minimum atomic E-state index is 0.705. The number of rotatable bonds is 1. The van der Waals surface area contributed by atoms with E-state index in [1.54, 1.807) is 0 Å². The van der Waals surface area contributed by atoms with E-state index in [9.17, 15) is 0 Å². The lowest BCUT2D eigenvalue weighted by molar-refractivity contribution is 0.173. The van der Waals surface area contributed by atoms with Crippen molar-refractivity contribution in [1.82, 2.24) is 30.2 Å². The molecule has 3 aliphatic heterocycles. The Morgan fingerprint density at radius 2 is 2.10 bits per heavy atom. The average Bonchev–Trinajstić information content (AvgIpc) is 3.19. The van der Waals surface area contributed by atoms with Crippen molar-refractivity contribution in [2.45, 2.75) is 25.3 Å². The maximum absolute atomic E-state index is 4.54. The molecular weight excluding hydrogens is 266 g/mol. The van der Waals surface area contributed by atoms with Crippen LogP contribution in [0.1, 0.15) is 19.3 Å².